The fourth-order valence-corrected chi connectivity index (χ4v) is 2.40. The third-order valence-corrected chi connectivity index (χ3v) is 3.60. The second-order valence-corrected chi connectivity index (χ2v) is 4.83. The van der Waals surface area contributed by atoms with Crippen LogP contribution in [0.2, 0.25) is 0 Å². The molecule has 18 heavy (non-hydrogen) atoms. The molecule has 0 saturated heterocycles. The van der Waals surface area contributed by atoms with Crippen LogP contribution in [-0.4, -0.2) is 29.1 Å². The molecule has 1 aromatic rings. The van der Waals surface area contributed by atoms with E-state index in [9.17, 15) is 4.79 Å². The Morgan fingerprint density at radius 3 is 2.83 bits per heavy atom. The van der Waals surface area contributed by atoms with Gasteiger partial charge in [-0.05, 0) is 38.1 Å². The van der Waals surface area contributed by atoms with Crippen molar-refractivity contribution in [3.05, 3.63) is 12.2 Å². The van der Waals surface area contributed by atoms with E-state index >= 15 is 0 Å². The summed E-state index contributed by atoms with van der Waals surface area (Å²) in [4.78, 5) is 15.8. The molecule has 1 saturated carbocycles. The molecule has 1 aromatic heterocycles. The van der Waals surface area contributed by atoms with Gasteiger partial charge in [-0.25, -0.2) is 0 Å². The lowest BCUT2D eigenvalue weighted by atomic mass is 9.81. The van der Waals surface area contributed by atoms with Gasteiger partial charge in [-0.3, -0.25) is 4.79 Å². The lowest BCUT2D eigenvalue weighted by Crippen LogP contribution is -2.35. The average Bonchev–Trinajstić information content (AvgIpc) is 2.92. The average molecular weight is 252 g/mol. The Labute approximate surface area is 106 Å². The molecule has 6 nitrogen and oxygen atoms in total. The Kier molecular flexibility index (Phi) is 4.69. The zero-order valence-corrected chi connectivity index (χ0v) is 10.5. The summed E-state index contributed by atoms with van der Waals surface area (Å²) in [7, 11) is 0. The molecular formula is C12H20N4O2. The molecule has 1 fully saturated rings. The summed E-state index contributed by atoms with van der Waals surface area (Å²) in [5, 5.41) is 6.44. The number of nitrogens with zero attached hydrogens (tertiary/aromatic N) is 2. The Bertz CT molecular complexity index is 358. The van der Waals surface area contributed by atoms with Crippen molar-refractivity contribution >= 4 is 5.91 Å². The van der Waals surface area contributed by atoms with Gasteiger partial charge >= 0.3 is 0 Å². The first kappa shape index (κ1) is 13.0. The van der Waals surface area contributed by atoms with Crippen LogP contribution < -0.4 is 11.1 Å². The van der Waals surface area contributed by atoms with Gasteiger partial charge in [0.15, 0.2) is 6.33 Å². The third-order valence-electron chi connectivity index (χ3n) is 3.60. The summed E-state index contributed by atoms with van der Waals surface area (Å²) >= 11 is 0. The fraction of sp³-hybridized carbons (Fsp3) is 0.750. The molecular weight excluding hydrogens is 232 g/mol. The van der Waals surface area contributed by atoms with Crippen molar-refractivity contribution < 1.29 is 9.32 Å². The van der Waals surface area contributed by atoms with Crippen LogP contribution >= 0.6 is 0 Å². The van der Waals surface area contributed by atoms with Crippen LogP contribution in [0.5, 0.6) is 0 Å². The first-order valence-electron chi connectivity index (χ1n) is 6.53. The van der Waals surface area contributed by atoms with Crippen LogP contribution in [0.1, 0.15) is 31.6 Å². The molecule has 0 aliphatic heterocycles. The molecule has 3 N–H and O–H groups in total. The van der Waals surface area contributed by atoms with Gasteiger partial charge in [0.25, 0.3) is 0 Å². The Morgan fingerprint density at radius 1 is 1.44 bits per heavy atom. The molecule has 2 rings (SSSR count). The molecule has 0 spiro atoms. The number of aromatic nitrogens is 2. The van der Waals surface area contributed by atoms with Crippen LogP contribution in [0.15, 0.2) is 10.9 Å². The van der Waals surface area contributed by atoms with Gasteiger partial charge in [0, 0.05) is 18.9 Å². The number of carbonyl (C=O) groups is 1. The lowest BCUT2D eigenvalue weighted by molar-refractivity contribution is -0.126. The van der Waals surface area contributed by atoms with E-state index in [1.165, 1.54) is 6.33 Å². The molecule has 0 aromatic carbocycles. The van der Waals surface area contributed by atoms with Crippen LogP contribution in [0, 0.1) is 11.8 Å². The highest BCUT2D eigenvalue weighted by Crippen LogP contribution is 2.28. The van der Waals surface area contributed by atoms with E-state index in [1.807, 2.05) is 0 Å². The van der Waals surface area contributed by atoms with Crippen molar-refractivity contribution in [2.45, 2.75) is 32.1 Å². The summed E-state index contributed by atoms with van der Waals surface area (Å²) in [5.74, 6) is 1.45. The van der Waals surface area contributed by atoms with E-state index in [1.54, 1.807) is 0 Å². The minimum atomic E-state index is 0.144. The van der Waals surface area contributed by atoms with Gasteiger partial charge in [-0.15, -0.1) is 0 Å². The minimum absolute atomic E-state index is 0.144. The molecule has 1 aliphatic carbocycles. The van der Waals surface area contributed by atoms with Gasteiger partial charge in [0.1, 0.15) is 0 Å². The first-order chi connectivity index (χ1) is 8.79. The highest BCUT2D eigenvalue weighted by molar-refractivity contribution is 5.78. The predicted molar refractivity (Wildman–Crippen MR) is 65.5 cm³/mol. The van der Waals surface area contributed by atoms with Crippen LogP contribution in [0.25, 0.3) is 0 Å². The number of hydrogen-bond acceptors (Lipinski definition) is 5. The number of nitrogens with one attached hydrogen (secondary N) is 1. The summed E-state index contributed by atoms with van der Waals surface area (Å²) in [5.41, 5.74) is 5.64. The van der Waals surface area contributed by atoms with Gasteiger partial charge in [-0.2, -0.15) is 4.98 Å². The summed E-state index contributed by atoms with van der Waals surface area (Å²) in [6.07, 6.45) is 5.99. The maximum absolute atomic E-state index is 11.9. The molecule has 1 aliphatic rings. The van der Waals surface area contributed by atoms with Crippen molar-refractivity contribution in [1.82, 2.24) is 15.5 Å². The SMILES string of the molecule is NCC1CCC(C(=O)NCCc2ncno2)CC1. The van der Waals surface area contributed by atoms with Gasteiger partial charge in [-0.1, -0.05) is 5.16 Å². The smallest absolute Gasteiger partial charge is 0.228 e. The minimum Gasteiger partial charge on any atom is -0.355 e. The van der Waals surface area contributed by atoms with Gasteiger partial charge in [0.2, 0.25) is 11.8 Å². The molecule has 6 heteroatoms. The fourth-order valence-electron chi connectivity index (χ4n) is 2.40. The van der Waals surface area contributed by atoms with E-state index in [4.69, 9.17) is 10.3 Å². The Hall–Kier alpha value is -1.43. The molecule has 0 radical (unpaired) electrons. The standard InChI is InChI=1S/C12H20N4O2/c13-7-9-1-3-10(4-2-9)12(17)14-6-5-11-15-8-16-18-11/h8-10H,1-7,13H2,(H,14,17). The Morgan fingerprint density at radius 2 is 2.22 bits per heavy atom. The largest absolute Gasteiger partial charge is 0.355 e. The number of nitrogens with two attached hydrogens (primary N) is 1. The molecule has 1 amide bonds. The van der Waals surface area contributed by atoms with Crippen LogP contribution in [0.4, 0.5) is 0 Å². The lowest BCUT2D eigenvalue weighted by Gasteiger charge is -2.26. The highest BCUT2D eigenvalue weighted by atomic mass is 16.5. The second-order valence-electron chi connectivity index (χ2n) is 4.83. The molecule has 0 atom stereocenters. The predicted octanol–water partition coefficient (Wildman–Crippen LogP) is 0.493. The summed E-state index contributed by atoms with van der Waals surface area (Å²) < 4.78 is 4.86. The molecule has 100 valence electrons. The third kappa shape index (κ3) is 3.53. The zero-order chi connectivity index (χ0) is 12.8. The van der Waals surface area contributed by atoms with Gasteiger partial charge < -0.3 is 15.6 Å². The summed E-state index contributed by atoms with van der Waals surface area (Å²) in [6.45, 7) is 1.29. The number of rotatable bonds is 5. The molecule has 0 bridgehead atoms. The maximum atomic E-state index is 11.9. The number of carbonyl (C=O) groups excluding carboxylic acids is 1. The second kappa shape index (κ2) is 6.49. The topological polar surface area (TPSA) is 94.0 Å². The van der Waals surface area contributed by atoms with Crippen molar-refractivity contribution in [3.8, 4) is 0 Å². The van der Waals surface area contributed by atoms with Crippen LogP contribution in [0.3, 0.4) is 0 Å². The van der Waals surface area contributed by atoms with Crippen molar-refractivity contribution in [2.24, 2.45) is 17.6 Å². The number of amides is 1. The first-order valence-corrected chi connectivity index (χ1v) is 6.53. The van der Waals surface area contributed by atoms with Gasteiger partial charge in [0.05, 0.1) is 0 Å². The van der Waals surface area contributed by atoms with E-state index < -0.39 is 0 Å². The van der Waals surface area contributed by atoms with Crippen molar-refractivity contribution in [3.63, 3.8) is 0 Å². The maximum Gasteiger partial charge on any atom is 0.228 e. The molecule has 0 unspecified atom stereocenters. The van der Waals surface area contributed by atoms with E-state index in [0.717, 1.165) is 32.2 Å². The molecule has 1 heterocycles. The van der Waals surface area contributed by atoms with Crippen molar-refractivity contribution in [2.75, 3.05) is 13.1 Å². The quantitative estimate of drug-likeness (QED) is 0.795. The zero-order valence-electron chi connectivity index (χ0n) is 10.5. The van der Waals surface area contributed by atoms with E-state index in [-0.39, 0.29) is 11.8 Å². The Balaban J connectivity index is 1.66. The van der Waals surface area contributed by atoms with Crippen molar-refractivity contribution in [1.29, 1.82) is 0 Å². The van der Waals surface area contributed by atoms with E-state index in [2.05, 4.69) is 15.5 Å². The number of hydrogen-bond donors (Lipinski definition) is 2. The normalized spacial score (nSPS) is 23.8. The monoisotopic (exact) mass is 252 g/mol. The van der Waals surface area contributed by atoms with E-state index in [0.29, 0.717) is 24.8 Å². The van der Waals surface area contributed by atoms with Crippen LogP contribution in [-0.2, 0) is 11.2 Å². The summed E-state index contributed by atoms with van der Waals surface area (Å²) in [6, 6.07) is 0. The highest BCUT2D eigenvalue weighted by Gasteiger charge is 2.25.